The summed E-state index contributed by atoms with van der Waals surface area (Å²) in [4.78, 5) is 26.0. The maximum atomic E-state index is 13.3. The molecule has 0 bridgehead atoms. The molecular weight excluding hydrogens is 338 g/mol. The van der Waals surface area contributed by atoms with E-state index < -0.39 is 0 Å². The highest BCUT2D eigenvalue weighted by Gasteiger charge is 2.33. The second-order valence-corrected chi connectivity index (χ2v) is 6.76. The first-order valence-corrected chi connectivity index (χ1v) is 9.17. The van der Waals surface area contributed by atoms with Crippen LogP contribution in [-0.4, -0.2) is 22.9 Å². The average molecular weight is 359 g/mol. The van der Waals surface area contributed by atoms with Gasteiger partial charge in [0.2, 0.25) is 5.78 Å². The van der Waals surface area contributed by atoms with Crippen molar-refractivity contribution in [2.45, 2.75) is 26.8 Å². The minimum Gasteiger partial charge on any atom is -0.461 e. The van der Waals surface area contributed by atoms with Crippen molar-refractivity contribution in [2.75, 3.05) is 6.61 Å². The molecule has 0 amide bonds. The van der Waals surface area contributed by atoms with Crippen molar-refractivity contribution in [3.05, 3.63) is 93.8 Å². The lowest BCUT2D eigenvalue weighted by atomic mass is 9.87. The summed E-state index contributed by atoms with van der Waals surface area (Å²) >= 11 is 0. The molecule has 0 radical (unpaired) electrons. The highest BCUT2D eigenvalue weighted by Crippen LogP contribution is 2.34. The van der Waals surface area contributed by atoms with Crippen molar-refractivity contribution in [3.8, 4) is 0 Å². The fourth-order valence-corrected chi connectivity index (χ4v) is 3.87. The van der Waals surface area contributed by atoms with Gasteiger partial charge in [0.25, 0.3) is 0 Å². The van der Waals surface area contributed by atoms with Gasteiger partial charge in [-0.2, -0.15) is 0 Å². The molecule has 2 aromatic carbocycles. The van der Waals surface area contributed by atoms with Crippen molar-refractivity contribution < 1.29 is 14.3 Å². The van der Waals surface area contributed by atoms with E-state index in [2.05, 4.69) is 0 Å². The third-order valence-corrected chi connectivity index (χ3v) is 5.13. The molecule has 0 spiro atoms. The van der Waals surface area contributed by atoms with Crippen molar-refractivity contribution in [3.63, 3.8) is 0 Å². The molecule has 4 rings (SSSR count). The van der Waals surface area contributed by atoms with Crippen LogP contribution >= 0.6 is 0 Å². The standard InChI is InChI=1S/C23H21NO3/c1-3-27-23(26)20-15(2)19-13-17-11-7-8-12-18(17)22(25)21(19)24(20)14-16-9-5-4-6-10-16/h4-12H,3,13-14H2,1-2H3. The highest BCUT2D eigenvalue weighted by molar-refractivity contribution is 6.12. The van der Waals surface area contributed by atoms with Crippen molar-refractivity contribution in [2.24, 2.45) is 0 Å². The van der Waals surface area contributed by atoms with Gasteiger partial charge in [0.15, 0.2) is 0 Å². The summed E-state index contributed by atoms with van der Waals surface area (Å²) in [5, 5.41) is 0. The normalized spacial score (nSPS) is 12.4. The Morgan fingerprint density at radius 2 is 1.78 bits per heavy atom. The first-order valence-electron chi connectivity index (χ1n) is 9.17. The van der Waals surface area contributed by atoms with E-state index in [1.807, 2.05) is 66.1 Å². The number of fused-ring (bicyclic) bond motifs is 2. The Hall–Kier alpha value is -3.14. The van der Waals surface area contributed by atoms with Crippen LogP contribution in [0.15, 0.2) is 54.6 Å². The number of ether oxygens (including phenoxy) is 1. The van der Waals surface area contributed by atoms with Crippen LogP contribution in [-0.2, 0) is 17.7 Å². The van der Waals surface area contributed by atoms with Crippen LogP contribution < -0.4 is 0 Å². The molecule has 1 aromatic heterocycles. The Bertz CT molecular complexity index is 1030. The summed E-state index contributed by atoms with van der Waals surface area (Å²) in [7, 11) is 0. The highest BCUT2D eigenvalue weighted by atomic mass is 16.5. The van der Waals surface area contributed by atoms with E-state index in [0.29, 0.717) is 36.5 Å². The number of benzene rings is 2. The van der Waals surface area contributed by atoms with Gasteiger partial charge in [0.05, 0.1) is 12.3 Å². The lowest BCUT2D eigenvalue weighted by molar-refractivity contribution is 0.0513. The first kappa shape index (κ1) is 17.3. The van der Waals surface area contributed by atoms with Crippen LogP contribution in [0.2, 0.25) is 0 Å². The molecule has 0 N–H and O–H groups in total. The maximum absolute atomic E-state index is 13.3. The second-order valence-electron chi connectivity index (χ2n) is 6.76. The molecule has 0 atom stereocenters. The molecule has 1 aliphatic rings. The van der Waals surface area contributed by atoms with Gasteiger partial charge in [-0.3, -0.25) is 4.79 Å². The largest absolute Gasteiger partial charge is 0.461 e. The molecule has 1 aliphatic carbocycles. The molecule has 0 aliphatic heterocycles. The van der Waals surface area contributed by atoms with Gasteiger partial charge in [-0.15, -0.1) is 0 Å². The number of ketones is 1. The van der Waals surface area contributed by atoms with Gasteiger partial charge in [-0.1, -0.05) is 54.6 Å². The van der Waals surface area contributed by atoms with Gasteiger partial charge in [0, 0.05) is 18.5 Å². The quantitative estimate of drug-likeness (QED) is 0.514. The number of nitrogens with zero attached hydrogens (tertiary/aromatic N) is 1. The molecule has 1 heterocycles. The number of esters is 1. The van der Waals surface area contributed by atoms with E-state index in [4.69, 9.17) is 4.74 Å². The van der Waals surface area contributed by atoms with E-state index in [-0.39, 0.29) is 11.8 Å². The molecule has 136 valence electrons. The molecule has 4 nitrogen and oxygen atoms in total. The lowest BCUT2D eigenvalue weighted by Crippen LogP contribution is -2.21. The third kappa shape index (κ3) is 2.87. The SMILES string of the molecule is CCOC(=O)c1c(C)c2c(n1Cc1ccccc1)C(=O)c1ccccc1C2. The van der Waals surface area contributed by atoms with Crippen LogP contribution in [0.1, 0.15) is 55.7 Å². The Kier molecular flexibility index (Phi) is 4.40. The van der Waals surface area contributed by atoms with Crippen molar-refractivity contribution >= 4 is 11.8 Å². The van der Waals surface area contributed by atoms with E-state index in [1.165, 1.54) is 0 Å². The Morgan fingerprint density at radius 1 is 1.07 bits per heavy atom. The fraction of sp³-hybridized carbons (Fsp3) is 0.217. The number of aromatic nitrogens is 1. The zero-order valence-electron chi connectivity index (χ0n) is 15.5. The van der Waals surface area contributed by atoms with Gasteiger partial charge in [-0.05, 0) is 36.1 Å². The maximum Gasteiger partial charge on any atom is 0.355 e. The van der Waals surface area contributed by atoms with Crippen molar-refractivity contribution in [1.82, 2.24) is 4.57 Å². The molecule has 0 unspecified atom stereocenters. The zero-order chi connectivity index (χ0) is 19.0. The summed E-state index contributed by atoms with van der Waals surface area (Å²) in [6.45, 7) is 4.46. The molecule has 0 saturated heterocycles. The van der Waals surface area contributed by atoms with Crippen LogP contribution in [0.4, 0.5) is 0 Å². The molecule has 4 heteroatoms. The van der Waals surface area contributed by atoms with Gasteiger partial charge in [0.1, 0.15) is 5.69 Å². The van der Waals surface area contributed by atoms with Crippen LogP contribution in [0.3, 0.4) is 0 Å². The molecular formula is C23H21NO3. The lowest BCUT2D eigenvalue weighted by Gasteiger charge is -2.18. The summed E-state index contributed by atoms with van der Waals surface area (Å²) in [6, 6.07) is 17.5. The minimum atomic E-state index is -0.378. The predicted octanol–water partition coefficient (Wildman–Crippen LogP) is 4.16. The predicted molar refractivity (Wildman–Crippen MR) is 103 cm³/mol. The van der Waals surface area contributed by atoms with Crippen molar-refractivity contribution in [1.29, 1.82) is 0 Å². The van der Waals surface area contributed by atoms with Crippen LogP contribution in [0, 0.1) is 6.92 Å². The smallest absolute Gasteiger partial charge is 0.355 e. The van der Waals surface area contributed by atoms with Gasteiger partial charge in [-0.25, -0.2) is 4.79 Å². The monoisotopic (exact) mass is 359 g/mol. The second kappa shape index (κ2) is 6.88. The van der Waals surface area contributed by atoms with E-state index >= 15 is 0 Å². The molecule has 27 heavy (non-hydrogen) atoms. The number of hydrogen-bond acceptors (Lipinski definition) is 3. The summed E-state index contributed by atoms with van der Waals surface area (Å²) in [6.07, 6.45) is 0.650. The Morgan fingerprint density at radius 3 is 2.52 bits per heavy atom. The summed E-state index contributed by atoms with van der Waals surface area (Å²) < 4.78 is 7.15. The minimum absolute atomic E-state index is 0.0265. The van der Waals surface area contributed by atoms with Gasteiger partial charge < -0.3 is 9.30 Å². The number of hydrogen-bond donors (Lipinski definition) is 0. The van der Waals surface area contributed by atoms with E-state index in [0.717, 1.165) is 22.3 Å². The van der Waals surface area contributed by atoms with E-state index in [1.54, 1.807) is 6.92 Å². The molecule has 0 saturated carbocycles. The summed E-state index contributed by atoms with van der Waals surface area (Å²) in [5.74, 6) is -0.404. The zero-order valence-corrected chi connectivity index (χ0v) is 15.5. The topological polar surface area (TPSA) is 48.3 Å². The van der Waals surface area contributed by atoms with Gasteiger partial charge >= 0.3 is 5.97 Å². The number of carbonyl (C=O) groups excluding carboxylic acids is 2. The summed E-state index contributed by atoms with van der Waals surface area (Å²) in [5.41, 5.74) is 5.61. The average Bonchev–Trinajstić information content (AvgIpc) is 2.95. The first-order chi connectivity index (χ1) is 13.1. The Balaban J connectivity index is 1.91. The van der Waals surface area contributed by atoms with Crippen LogP contribution in [0.25, 0.3) is 0 Å². The van der Waals surface area contributed by atoms with Crippen LogP contribution in [0.5, 0.6) is 0 Å². The fourth-order valence-electron chi connectivity index (χ4n) is 3.87. The van der Waals surface area contributed by atoms with E-state index in [9.17, 15) is 9.59 Å². The molecule has 0 fully saturated rings. The molecule has 3 aromatic rings. The third-order valence-electron chi connectivity index (χ3n) is 5.13. The Labute approximate surface area is 158 Å². The number of carbonyl (C=O) groups is 2. The number of rotatable bonds is 4.